The lowest BCUT2D eigenvalue weighted by molar-refractivity contribution is -0.125. The molecule has 0 unspecified atom stereocenters. The van der Waals surface area contributed by atoms with Gasteiger partial charge in [0, 0.05) is 48.7 Å². The average Bonchev–Trinajstić information content (AvgIpc) is 2.61. The van der Waals surface area contributed by atoms with Crippen molar-refractivity contribution in [1.82, 2.24) is 10.3 Å². The largest absolute Gasteiger partial charge is 0.371 e. The molecule has 0 spiro atoms. The number of hydrogen-bond donors (Lipinski definition) is 1. The Hall–Kier alpha value is -2.07. The summed E-state index contributed by atoms with van der Waals surface area (Å²) in [5.41, 5.74) is 2.16. The van der Waals surface area contributed by atoms with Crippen LogP contribution < -0.4 is 10.2 Å². The Morgan fingerprint density at radius 2 is 2.09 bits per heavy atom. The first-order valence-corrected chi connectivity index (χ1v) is 8.27. The fraction of sp³-hybridized carbons (Fsp3) is 0.333. The van der Waals surface area contributed by atoms with E-state index in [4.69, 9.17) is 11.6 Å². The van der Waals surface area contributed by atoms with Crippen LogP contribution in [-0.2, 0) is 11.3 Å². The molecule has 1 fully saturated rings. The summed E-state index contributed by atoms with van der Waals surface area (Å²) in [5.74, 6) is 0.224. The van der Waals surface area contributed by atoms with Gasteiger partial charge in [-0.3, -0.25) is 9.78 Å². The van der Waals surface area contributed by atoms with Crippen LogP contribution in [0, 0.1) is 5.92 Å². The summed E-state index contributed by atoms with van der Waals surface area (Å²) >= 11 is 6.05. The van der Waals surface area contributed by atoms with Gasteiger partial charge in [0.1, 0.15) is 0 Å². The summed E-state index contributed by atoms with van der Waals surface area (Å²) in [4.78, 5) is 18.6. The molecule has 1 saturated heterocycles. The molecule has 120 valence electrons. The summed E-state index contributed by atoms with van der Waals surface area (Å²) < 4.78 is 0. The van der Waals surface area contributed by atoms with E-state index in [1.165, 1.54) is 0 Å². The van der Waals surface area contributed by atoms with Gasteiger partial charge in [-0.1, -0.05) is 23.7 Å². The standard InChI is InChI=1S/C18H20ClN3O/c19-16-4-1-5-17(11-16)22-9-6-15(7-10-22)18(23)21-13-14-3-2-8-20-12-14/h1-5,8,11-12,15H,6-7,9-10,13H2,(H,21,23). The van der Waals surface area contributed by atoms with Crippen LogP contribution in [0.4, 0.5) is 5.69 Å². The summed E-state index contributed by atoms with van der Waals surface area (Å²) in [6.45, 7) is 2.30. The Balaban J connectivity index is 1.49. The molecule has 2 heterocycles. The number of nitrogens with one attached hydrogen (secondary N) is 1. The van der Waals surface area contributed by atoms with Crippen molar-refractivity contribution in [2.45, 2.75) is 19.4 Å². The van der Waals surface area contributed by atoms with E-state index >= 15 is 0 Å². The molecular weight excluding hydrogens is 310 g/mol. The minimum absolute atomic E-state index is 0.0853. The van der Waals surface area contributed by atoms with Gasteiger partial charge in [-0.05, 0) is 42.7 Å². The smallest absolute Gasteiger partial charge is 0.223 e. The molecule has 0 atom stereocenters. The van der Waals surface area contributed by atoms with E-state index in [0.717, 1.165) is 42.2 Å². The van der Waals surface area contributed by atoms with Crippen LogP contribution in [0.3, 0.4) is 0 Å². The average molecular weight is 330 g/mol. The molecule has 1 aliphatic rings. The molecule has 0 radical (unpaired) electrons. The molecule has 4 nitrogen and oxygen atoms in total. The topological polar surface area (TPSA) is 45.2 Å². The second kappa shape index (κ2) is 7.47. The van der Waals surface area contributed by atoms with Crippen molar-refractivity contribution in [3.8, 4) is 0 Å². The highest BCUT2D eigenvalue weighted by Crippen LogP contribution is 2.25. The fourth-order valence-corrected chi connectivity index (χ4v) is 3.09. The molecule has 0 aliphatic carbocycles. The number of anilines is 1. The van der Waals surface area contributed by atoms with Gasteiger partial charge in [0.25, 0.3) is 0 Å². The van der Waals surface area contributed by atoms with E-state index in [1.807, 2.05) is 30.3 Å². The van der Waals surface area contributed by atoms with Crippen molar-refractivity contribution < 1.29 is 4.79 Å². The maximum absolute atomic E-state index is 12.3. The van der Waals surface area contributed by atoms with Gasteiger partial charge in [0.15, 0.2) is 0 Å². The van der Waals surface area contributed by atoms with Crippen molar-refractivity contribution in [3.05, 3.63) is 59.4 Å². The van der Waals surface area contributed by atoms with Crippen LogP contribution in [0.5, 0.6) is 0 Å². The molecule has 0 bridgehead atoms. The molecule has 1 aromatic heterocycles. The first-order chi connectivity index (χ1) is 11.2. The third-order valence-corrected chi connectivity index (χ3v) is 4.46. The van der Waals surface area contributed by atoms with Gasteiger partial charge in [0.2, 0.25) is 5.91 Å². The zero-order valence-electron chi connectivity index (χ0n) is 12.9. The van der Waals surface area contributed by atoms with Crippen LogP contribution in [-0.4, -0.2) is 24.0 Å². The Labute approximate surface area is 141 Å². The summed E-state index contributed by atoms with van der Waals surface area (Å²) in [6.07, 6.45) is 5.25. The summed E-state index contributed by atoms with van der Waals surface area (Å²) in [6, 6.07) is 11.7. The van der Waals surface area contributed by atoms with E-state index in [0.29, 0.717) is 6.54 Å². The van der Waals surface area contributed by atoms with E-state index in [9.17, 15) is 4.79 Å². The number of rotatable bonds is 4. The van der Waals surface area contributed by atoms with E-state index in [2.05, 4.69) is 21.3 Å². The lowest BCUT2D eigenvalue weighted by Gasteiger charge is -2.33. The number of benzene rings is 1. The molecule has 1 aromatic carbocycles. The molecule has 2 aromatic rings. The van der Waals surface area contributed by atoms with Crippen molar-refractivity contribution >= 4 is 23.2 Å². The highest BCUT2D eigenvalue weighted by Gasteiger charge is 2.24. The Bertz CT molecular complexity index is 654. The highest BCUT2D eigenvalue weighted by atomic mass is 35.5. The zero-order valence-corrected chi connectivity index (χ0v) is 13.7. The lowest BCUT2D eigenvalue weighted by atomic mass is 9.95. The van der Waals surface area contributed by atoms with Gasteiger partial charge in [-0.2, -0.15) is 0 Å². The van der Waals surface area contributed by atoms with Crippen LogP contribution >= 0.6 is 11.6 Å². The van der Waals surface area contributed by atoms with Gasteiger partial charge < -0.3 is 10.2 Å². The highest BCUT2D eigenvalue weighted by molar-refractivity contribution is 6.30. The van der Waals surface area contributed by atoms with Crippen LogP contribution in [0.2, 0.25) is 5.02 Å². The van der Waals surface area contributed by atoms with E-state index < -0.39 is 0 Å². The van der Waals surface area contributed by atoms with E-state index in [1.54, 1.807) is 12.4 Å². The molecule has 1 aliphatic heterocycles. The number of nitrogens with zero attached hydrogens (tertiary/aromatic N) is 2. The number of amides is 1. The molecule has 23 heavy (non-hydrogen) atoms. The van der Waals surface area contributed by atoms with Crippen LogP contribution in [0.15, 0.2) is 48.8 Å². The van der Waals surface area contributed by atoms with Gasteiger partial charge >= 0.3 is 0 Å². The SMILES string of the molecule is O=C(NCc1cccnc1)C1CCN(c2cccc(Cl)c2)CC1. The van der Waals surface area contributed by atoms with Crippen molar-refractivity contribution in [2.75, 3.05) is 18.0 Å². The number of hydrogen-bond acceptors (Lipinski definition) is 3. The fourth-order valence-electron chi connectivity index (χ4n) is 2.91. The third-order valence-electron chi connectivity index (χ3n) is 4.23. The van der Waals surface area contributed by atoms with Gasteiger partial charge in [-0.25, -0.2) is 0 Å². The number of pyridine rings is 1. The van der Waals surface area contributed by atoms with Crippen LogP contribution in [0.25, 0.3) is 0 Å². The first-order valence-electron chi connectivity index (χ1n) is 7.89. The molecule has 5 heteroatoms. The lowest BCUT2D eigenvalue weighted by Crippen LogP contribution is -2.40. The predicted octanol–water partition coefficient (Wildman–Crippen LogP) is 3.27. The number of aromatic nitrogens is 1. The minimum Gasteiger partial charge on any atom is -0.371 e. The Morgan fingerprint density at radius 1 is 1.26 bits per heavy atom. The minimum atomic E-state index is 0.0853. The molecular formula is C18H20ClN3O. The maximum atomic E-state index is 12.3. The Kier molecular flexibility index (Phi) is 5.13. The van der Waals surface area contributed by atoms with Crippen molar-refractivity contribution in [2.24, 2.45) is 5.92 Å². The molecule has 3 rings (SSSR count). The van der Waals surface area contributed by atoms with Gasteiger partial charge in [0.05, 0.1) is 0 Å². The normalized spacial score (nSPS) is 15.4. The summed E-state index contributed by atoms with van der Waals surface area (Å²) in [7, 11) is 0. The third kappa shape index (κ3) is 4.23. The number of carbonyl (C=O) groups is 1. The maximum Gasteiger partial charge on any atom is 0.223 e. The monoisotopic (exact) mass is 329 g/mol. The van der Waals surface area contributed by atoms with Crippen LogP contribution in [0.1, 0.15) is 18.4 Å². The van der Waals surface area contributed by atoms with Crippen molar-refractivity contribution in [3.63, 3.8) is 0 Å². The molecule has 1 amide bonds. The zero-order chi connectivity index (χ0) is 16.1. The predicted molar refractivity (Wildman–Crippen MR) is 92.5 cm³/mol. The summed E-state index contributed by atoms with van der Waals surface area (Å²) in [5, 5.41) is 3.76. The number of carbonyl (C=O) groups excluding carboxylic acids is 1. The quantitative estimate of drug-likeness (QED) is 0.936. The molecule has 1 N–H and O–H groups in total. The number of halogens is 1. The van der Waals surface area contributed by atoms with Gasteiger partial charge in [-0.15, -0.1) is 0 Å². The second-order valence-corrected chi connectivity index (χ2v) is 6.26. The second-order valence-electron chi connectivity index (χ2n) is 5.82. The molecule has 0 saturated carbocycles. The first kappa shape index (κ1) is 15.8. The van der Waals surface area contributed by atoms with E-state index in [-0.39, 0.29) is 11.8 Å². The Morgan fingerprint density at radius 3 is 2.78 bits per heavy atom. The number of piperidine rings is 1. The van der Waals surface area contributed by atoms with Crippen molar-refractivity contribution in [1.29, 1.82) is 0 Å².